The van der Waals surface area contributed by atoms with E-state index in [-0.39, 0.29) is 29.4 Å². The largest absolute Gasteiger partial charge is 0.496 e. The van der Waals surface area contributed by atoms with Gasteiger partial charge in [-0.3, -0.25) is 4.79 Å². The molecule has 0 saturated carbocycles. The molecule has 1 aliphatic heterocycles. The molecule has 1 aliphatic rings. The van der Waals surface area contributed by atoms with E-state index in [9.17, 15) is 13.2 Å². The van der Waals surface area contributed by atoms with E-state index in [1.165, 1.54) is 29.6 Å². The summed E-state index contributed by atoms with van der Waals surface area (Å²) in [5.41, 5.74) is 5.51. The summed E-state index contributed by atoms with van der Waals surface area (Å²) in [5.74, 6) is -0.0829. The van der Waals surface area contributed by atoms with E-state index in [2.05, 4.69) is 5.32 Å². The summed E-state index contributed by atoms with van der Waals surface area (Å²) in [4.78, 5) is 12.6. The van der Waals surface area contributed by atoms with Crippen LogP contribution in [0.1, 0.15) is 49.9 Å². The van der Waals surface area contributed by atoms with Crippen LogP contribution in [-0.4, -0.2) is 50.9 Å². The summed E-state index contributed by atoms with van der Waals surface area (Å²) >= 11 is 0. The topological polar surface area (TPSA) is 102 Å². The predicted molar refractivity (Wildman–Crippen MR) is 108 cm³/mol. The molecular weight excluding hydrogens is 390 g/mol. The van der Waals surface area contributed by atoms with Crippen LogP contribution >= 0.6 is 12.4 Å². The number of hydrogen-bond acceptors (Lipinski definition) is 5. The number of sulfonamides is 1. The van der Waals surface area contributed by atoms with Gasteiger partial charge in [0.25, 0.3) is 5.91 Å². The fraction of sp³-hybridized carbons (Fsp3) is 0.611. The van der Waals surface area contributed by atoms with Crippen LogP contribution in [0.15, 0.2) is 23.1 Å². The molecule has 1 aromatic carbocycles. The molecule has 0 atom stereocenters. The highest BCUT2D eigenvalue weighted by Crippen LogP contribution is 2.26. The van der Waals surface area contributed by atoms with Crippen molar-refractivity contribution in [1.29, 1.82) is 0 Å². The van der Waals surface area contributed by atoms with Gasteiger partial charge in [0, 0.05) is 25.2 Å². The summed E-state index contributed by atoms with van der Waals surface area (Å²) < 4.78 is 32.7. The lowest BCUT2D eigenvalue weighted by atomic mass is 10.1. The van der Waals surface area contributed by atoms with E-state index in [0.29, 0.717) is 18.8 Å². The number of hydrogen-bond donors (Lipinski definition) is 2. The number of nitrogens with zero attached hydrogens (tertiary/aromatic N) is 1. The van der Waals surface area contributed by atoms with Gasteiger partial charge in [0.15, 0.2) is 0 Å². The van der Waals surface area contributed by atoms with Gasteiger partial charge >= 0.3 is 0 Å². The molecule has 27 heavy (non-hydrogen) atoms. The Morgan fingerprint density at radius 3 is 2.33 bits per heavy atom. The summed E-state index contributed by atoms with van der Waals surface area (Å²) in [6.07, 6.45) is 3.79. The highest BCUT2D eigenvalue weighted by atomic mass is 35.5. The van der Waals surface area contributed by atoms with Crippen molar-refractivity contribution in [2.45, 2.75) is 50.0 Å². The van der Waals surface area contributed by atoms with Crippen molar-refractivity contribution in [2.24, 2.45) is 5.73 Å². The number of ether oxygens (including phenoxy) is 1. The zero-order chi connectivity index (χ0) is 19.4. The maximum absolute atomic E-state index is 13.0. The van der Waals surface area contributed by atoms with Gasteiger partial charge < -0.3 is 15.8 Å². The predicted octanol–water partition coefficient (Wildman–Crippen LogP) is 2.15. The highest BCUT2D eigenvalue weighted by molar-refractivity contribution is 7.89. The minimum absolute atomic E-state index is 0. The monoisotopic (exact) mass is 419 g/mol. The number of methoxy groups -OCH3 is 1. The van der Waals surface area contributed by atoms with Crippen molar-refractivity contribution in [3.63, 3.8) is 0 Å². The lowest BCUT2D eigenvalue weighted by molar-refractivity contribution is 0.0942. The molecule has 0 aliphatic carbocycles. The number of amides is 1. The third kappa shape index (κ3) is 6.34. The molecule has 7 nitrogen and oxygen atoms in total. The van der Waals surface area contributed by atoms with Gasteiger partial charge in [-0.05, 0) is 44.9 Å². The molecule has 1 amide bonds. The van der Waals surface area contributed by atoms with Crippen LogP contribution in [0.3, 0.4) is 0 Å². The molecule has 0 radical (unpaired) electrons. The van der Waals surface area contributed by atoms with Crippen LogP contribution in [0.4, 0.5) is 0 Å². The average molecular weight is 420 g/mol. The van der Waals surface area contributed by atoms with Crippen molar-refractivity contribution in [1.82, 2.24) is 9.62 Å². The summed E-state index contributed by atoms with van der Waals surface area (Å²) in [7, 11) is -2.19. The molecule has 1 fully saturated rings. The van der Waals surface area contributed by atoms with E-state index >= 15 is 0 Å². The number of carbonyl (C=O) groups excluding carboxylic acids is 1. The molecule has 9 heteroatoms. The SMILES string of the molecule is COc1ccc(S(=O)(=O)N2CCCCCC2)cc1C(=O)NCC(C)(C)N.Cl. The molecule has 0 unspecified atom stereocenters. The van der Waals surface area contributed by atoms with Gasteiger partial charge in [-0.15, -0.1) is 12.4 Å². The van der Waals surface area contributed by atoms with Gasteiger partial charge in [0.05, 0.1) is 17.6 Å². The number of nitrogens with one attached hydrogen (secondary N) is 1. The Morgan fingerprint density at radius 1 is 1.22 bits per heavy atom. The normalized spacial score (nSPS) is 16.1. The van der Waals surface area contributed by atoms with Crippen LogP contribution in [0.2, 0.25) is 0 Å². The lowest BCUT2D eigenvalue weighted by Crippen LogP contribution is -2.45. The van der Waals surface area contributed by atoms with E-state index in [4.69, 9.17) is 10.5 Å². The van der Waals surface area contributed by atoms with Gasteiger partial charge in [0.2, 0.25) is 10.0 Å². The maximum atomic E-state index is 13.0. The number of benzene rings is 1. The average Bonchev–Trinajstić information content (AvgIpc) is 2.88. The van der Waals surface area contributed by atoms with Gasteiger partial charge in [-0.2, -0.15) is 4.31 Å². The maximum Gasteiger partial charge on any atom is 0.255 e. The Labute approximate surface area is 168 Å². The van der Waals surface area contributed by atoms with Crippen LogP contribution < -0.4 is 15.8 Å². The molecule has 2 rings (SSSR count). The third-order valence-electron chi connectivity index (χ3n) is 4.32. The van der Waals surface area contributed by atoms with E-state index < -0.39 is 21.5 Å². The molecule has 154 valence electrons. The minimum Gasteiger partial charge on any atom is -0.496 e. The highest BCUT2D eigenvalue weighted by Gasteiger charge is 2.27. The first kappa shape index (κ1) is 23.7. The Kier molecular flexibility index (Phi) is 8.53. The molecule has 1 saturated heterocycles. The standard InChI is InChI=1S/C18H29N3O4S.ClH/c1-18(2,19)13-20-17(22)15-12-14(8-9-16(15)25-3)26(23,24)21-10-6-4-5-7-11-21;/h8-9,12H,4-7,10-11,13,19H2,1-3H3,(H,20,22);1H. The van der Waals surface area contributed by atoms with Crippen molar-refractivity contribution in [2.75, 3.05) is 26.7 Å². The van der Waals surface area contributed by atoms with Gasteiger partial charge in [-0.1, -0.05) is 12.8 Å². The Balaban J connectivity index is 0.00000364. The first-order valence-electron chi connectivity index (χ1n) is 8.90. The van der Waals surface area contributed by atoms with Crippen LogP contribution in [0.25, 0.3) is 0 Å². The first-order valence-corrected chi connectivity index (χ1v) is 10.3. The second kappa shape index (κ2) is 9.73. The third-order valence-corrected chi connectivity index (χ3v) is 6.22. The van der Waals surface area contributed by atoms with Crippen LogP contribution in [0.5, 0.6) is 5.75 Å². The second-order valence-corrected chi connectivity index (χ2v) is 9.29. The van der Waals surface area contributed by atoms with Crippen LogP contribution in [-0.2, 0) is 10.0 Å². The van der Waals surface area contributed by atoms with E-state index in [0.717, 1.165) is 25.7 Å². The summed E-state index contributed by atoms with van der Waals surface area (Å²) in [5, 5.41) is 2.73. The van der Waals surface area contributed by atoms with E-state index in [1.54, 1.807) is 13.8 Å². The minimum atomic E-state index is -3.64. The van der Waals surface area contributed by atoms with Crippen molar-refractivity contribution in [3.8, 4) is 5.75 Å². The number of rotatable bonds is 6. The smallest absolute Gasteiger partial charge is 0.255 e. The fourth-order valence-electron chi connectivity index (χ4n) is 2.86. The van der Waals surface area contributed by atoms with Gasteiger partial charge in [0.1, 0.15) is 5.75 Å². The quantitative estimate of drug-likeness (QED) is 0.735. The second-order valence-electron chi connectivity index (χ2n) is 7.35. The molecule has 0 spiro atoms. The van der Waals surface area contributed by atoms with Crippen molar-refractivity contribution >= 4 is 28.3 Å². The van der Waals surface area contributed by atoms with Gasteiger partial charge in [-0.25, -0.2) is 8.42 Å². The summed E-state index contributed by atoms with van der Waals surface area (Å²) in [6, 6.07) is 4.40. The van der Waals surface area contributed by atoms with E-state index in [1.807, 2.05) is 0 Å². The number of carbonyl (C=O) groups is 1. The number of halogens is 1. The first-order chi connectivity index (χ1) is 12.1. The molecule has 1 aromatic rings. The molecule has 3 N–H and O–H groups in total. The van der Waals surface area contributed by atoms with Crippen molar-refractivity contribution in [3.05, 3.63) is 23.8 Å². The molecular formula is C18H30ClN3O4S. The molecule has 0 bridgehead atoms. The Morgan fingerprint density at radius 2 is 1.81 bits per heavy atom. The molecule has 0 aromatic heterocycles. The number of nitrogens with two attached hydrogens (primary N) is 1. The zero-order valence-corrected chi connectivity index (χ0v) is 17.8. The zero-order valence-electron chi connectivity index (χ0n) is 16.2. The summed E-state index contributed by atoms with van der Waals surface area (Å²) in [6.45, 7) is 4.88. The van der Waals surface area contributed by atoms with Crippen molar-refractivity contribution < 1.29 is 17.9 Å². The Hall–Kier alpha value is -1.35. The Bertz CT molecular complexity index is 739. The van der Waals surface area contributed by atoms with Crippen LogP contribution in [0, 0.1) is 0 Å². The molecule has 1 heterocycles. The fourth-order valence-corrected chi connectivity index (χ4v) is 4.40. The lowest BCUT2D eigenvalue weighted by Gasteiger charge is -2.21.